The van der Waals surface area contributed by atoms with E-state index in [2.05, 4.69) is 64.2 Å². The van der Waals surface area contributed by atoms with Crippen molar-refractivity contribution in [1.82, 2.24) is 5.32 Å². The molecule has 1 nitrogen and oxygen atoms in total. The first-order valence-corrected chi connectivity index (χ1v) is 5.90. The van der Waals surface area contributed by atoms with Gasteiger partial charge < -0.3 is 5.32 Å². The highest BCUT2D eigenvalue weighted by atomic mass is 14.9. The second-order valence-corrected chi connectivity index (χ2v) is 3.64. The summed E-state index contributed by atoms with van der Waals surface area (Å²) in [6.07, 6.45) is 9.85. The Balaban J connectivity index is 4.85. The highest BCUT2D eigenvalue weighted by Crippen LogP contribution is 2.14. The van der Waals surface area contributed by atoms with E-state index in [4.69, 9.17) is 0 Å². The van der Waals surface area contributed by atoms with Gasteiger partial charge >= 0.3 is 0 Å². The van der Waals surface area contributed by atoms with Crippen LogP contribution in [0.4, 0.5) is 0 Å². The molecule has 0 aromatic carbocycles. The van der Waals surface area contributed by atoms with E-state index in [0.717, 1.165) is 13.0 Å². The van der Waals surface area contributed by atoms with Crippen molar-refractivity contribution in [3.63, 3.8) is 0 Å². The van der Waals surface area contributed by atoms with Crippen molar-refractivity contribution in [3.8, 4) is 0 Å². The molecule has 0 bridgehead atoms. The number of rotatable bonds is 6. The van der Waals surface area contributed by atoms with Gasteiger partial charge in [0.25, 0.3) is 0 Å². The van der Waals surface area contributed by atoms with Crippen LogP contribution >= 0.6 is 0 Å². The smallest absolute Gasteiger partial charge is 0.0529 e. The van der Waals surface area contributed by atoms with Gasteiger partial charge in [-0.05, 0) is 39.3 Å². The molecular weight excluding hydrogens is 182 g/mol. The first-order valence-electron chi connectivity index (χ1n) is 5.90. The fourth-order valence-electron chi connectivity index (χ4n) is 1.74. The van der Waals surface area contributed by atoms with Crippen LogP contribution < -0.4 is 5.32 Å². The topological polar surface area (TPSA) is 12.0 Å². The average molecular weight is 207 g/mol. The molecule has 0 spiro atoms. The van der Waals surface area contributed by atoms with Crippen molar-refractivity contribution in [2.75, 3.05) is 6.54 Å². The predicted molar refractivity (Wildman–Crippen MR) is 70.1 cm³/mol. The van der Waals surface area contributed by atoms with Crippen molar-refractivity contribution in [1.29, 1.82) is 0 Å². The molecule has 0 aliphatic rings. The summed E-state index contributed by atoms with van der Waals surface area (Å²) in [6, 6.07) is 0.371. The van der Waals surface area contributed by atoms with Gasteiger partial charge in [-0.2, -0.15) is 0 Å². The molecule has 0 heterocycles. The van der Waals surface area contributed by atoms with E-state index in [1.54, 1.807) is 0 Å². The van der Waals surface area contributed by atoms with Crippen LogP contribution in [0.5, 0.6) is 0 Å². The Hall–Kier alpha value is -0.820. The molecule has 1 atom stereocenters. The average Bonchev–Trinajstić information content (AvgIpc) is 2.23. The van der Waals surface area contributed by atoms with Crippen molar-refractivity contribution < 1.29 is 0 Å². The lowest BCUT2D eigenvalue weighted by Crippen LogP contribution is -2.31. The van der Waals surface area contributed by atoms with E-state index in [9.17, 15) is 0 Å². The van der Waals surface area contributed by atoms with Crippen LogP contribution in [0.25, 0.3) is 0 Å². The molecule has 1 heteroatoms. The molecule has 0 saturated carbocycles. The maximum Gasteiger partial charge on any atom is 0.0529 e. The molecule has 0 aliphatic heterocycles. The molecule has 0 radical (unpaired) electrons. The predicted octanol–water partition coefficient (Wildman–Crippen LogP) is 3.84. The zero-order valence-electron chi connectivity index (χ0n) is 10.8. The van der Waals surface area contributed by atoms with E-state index in [1.807, 2.05) is 0 Å². The summed E-state index contributed by atoms with van der Waals surface area (Å²) in [6.45, 7) is 11.7. The fraction of sp³-hybridized carbons (Fsp3) is 0.571. The molecule has 0 saturated heterocycles. The standard InChI is InChI=1S/C14H25N/c1-6-10-12(5)14(15-9-4)13(8-3)11-7-2/h7-8,10-11,14-15H,6,9H2,1-5H3/b11-7-,12-10+,13-8+. The lowest BCUT2D eigenvalue weighted by atomic mass is 9.98. The van der Waals surface area contributed by atoms with Gasteiger partial charge in [0.2, 0.25) is 0 Å². The van der Waals surface area contributed by atoms with Crippen LogP contribution in [0.3, 0.4) is 0 Å². The fourth-order valence-corrected chi connectivity index (χ4v) is 1.74. The van der Waals surface area contributed by atoms with Crippen LogP contribution in [0.15, 0.2) is 35.5 Å². The summed E-state index contributed by atoms with van der Waals surface area (Å²) in [4.78, 5) is 0. The molecule has 0 amide bonds. The molecular formula is C14H25N. The third kappa shape index (κ3) is 4.98. The Kier molecular flexibility index (Phi) is 8.02. The van der Waals surface area contributed by atoms with Crippen molar-refractivity contribution >= 4 is 0 Å². The van der Waals surface area contributed by atoms with Gasteiger partial charge in [-0.3, -0.25) is 0 Å². The van der Waals surface area contributed by atoms with Crippen LogP contribution in [-0.4, -0.2) is 12.6 Å². The zero-order valence-corrected chi connectivity index (χ0v) is 10.8. The van der Waals surface area contributed by atoms with E-state index in [0.29, 0.717) is 6.04 Å². The Labute approximate surface area is 95.0 Å². The Morgan fingerprint density at radius 1 is 1.27 bits per heavy atom. The number of hydrogen-bond acceptors (Lipinski definition) is 1. The van der Waals surface area contributed by atoms with E-state index in [-0.39, 0.29) is 0 Å². The van der Waals surface area contributed by atoms with Gasteiger partial charge in [-0.15, -0.1) is 0 Å². The van der Waals surface area contributed by atoms with Crippen LogP contribution in [0.2, 0.25) is 0 Å². The van der Waals surface area contributed by atoms with E-state index >= 15 is 0 Å². The van der Waals surface area contributed by atoms with Gasteiger partial charge in [0, 0.05) is 0 Å². The van der Waals surface area contributed by atoms with Gasteiger partial charge in [0.05, 0.1) is 6.04 Å². The second-order valence-electron chi connectivity index (χ2n) is 3.64. The highest BCUT2D eigenvalue weighted by molar-refractivity contribution is 5.32. The molecule has 0 aromatic rings. The van der Waals surface area contributed by atoms with Crippen LogP contribution in [0, 0.1) is 0 Å². The molecule has 86 valence electrons. The maximum absolute atomic E-state index is 3.52. The second kappa shape index (κ2) is 8.49. The summed E-state index contributed by atoms with van der Waals surface area (Å²) in [7, 11) is 0. The maximum atomic E-state index is 3.52. The molecule has 0 aromatic heterocycles. The zero-order chi connectivity index (χ0) is 11.7. The van der Waals surface area contributed by atoms with Crippen molar-refractivity contribution in [2.24, 2.45) is 0 Å². The third-order valence-corrected chi connectivity index (χ3v) is 2.42. The quantitative estimate of drug-likeness (QED) is 0.515. The summed E-state index contributed by atoms with van der Waals surface area (Å²) in [5.41, 5.74) is 2.76. The van der Waals surface area contributed by atoms with Gasteiger partial charge in [-0.1, -0.05) is 43.7 Å². The summed E-state index contributed by atoms with van der Waals surface area (Å²) in [5.74, 6) is 0. The largest absolute Gasteiger partial charge is 0.307 e. The third-order valence-electron chi connectivity index (χ3n) is 2.42. The van der Waals surface area contributed by atoms with Gasteiger partial charge in [0.15, 0.2) is 0 Å². The monoisotopic (exact) mass is 207 g/mol. The SMILES string of the molecule is C/C=C\C(=C/C)C(NCC)/C(C)=C/CC. The number of allylic oxidation sites excluding steroid dienone is 3. The summed E-state index contributed by atoms with van der Waals surface area (Å²) >= 11 is 0. The lowest BCUT2D eigenvalue weighted by Gasteiger charge is -2.20. The minimum absolute atomic E-state index is 0.371. The molecule has 0 fully saturated rings. The minimum Gasteiger partial charge on any atom is -0.307 e. The number of nitrogens with one attached hydrogen (secondary N) is 1. The molecule has 0 rings (SSSR count). The number of hydrogen-bond donors (Lipinski definition) is 1. The first-order chi connectivity index (χ1) is 7.21. The normalized spacial score (nSPS) is 16.1. The molecule has 0 aliphatic carbocycles. The van der Waals surface area contributed by atoms with Crippen LogP contribution in [0.1, 0.15) is 41.0 Å². The Morgan fingerprint density at radius 3 is 2.33 bits per heavy atom. The van der Waals surface area contributed by atoms with Crippen molar-refractivity contribution in [3.05, 3.63) is 35.5 Å². The minimum atomic E-state index is 0.371. The van der Waals surface area contributed by atoms with E-state index in [1.165, 1.54) is 11.1 Å². The number of likely N-dealkylation sites (N-methyl/N-ethyl adjacent to an activating group) is 1. The molecule has 1 N–H and O–H groups in total. The van der Waals surface area contributed by atoms with E-state index < -0.39 is 0 Å². The van der Waals surface area contributed by atoms with Crippen molar-refractivity contribution in [2.45, 2.75) is 47.1 Å². The summed E-state index contributed by atoms with van der Waals surface area (Å²) in [5, 5.41) is 3.52. The first kappa shape index (κ1) is 14.2. The van der Waals surface area contributed by atoms with Gasteiger partial charge in [0.1, 0.15) is 0 Å². The lowest BCUT2D eigenvalue weighted by molar-refractivity contribution is 0.659. The van der Waals surface area contributed by atoms with Gasteiger partial charge in [-0.25, -0.2) is 0 Å². The highest BCUT2D eigenvalue weighted by Gasteiger charge is 2.11. The summed E-state index contributed by atoms with van der Waals surface area (Å²) < 4.78 is 0. The van der Waals surface area contributed by atoms with Crippen LogP contribution in [-0.2, 0) is 0 Å². The molecule has 1 unspecified atom stereocenters. The Bertz CT molecular complexity index is 246. The molecule has 15 heavy (non-hydrogen) atoms. The Morgan fingerprint density at radius 2 is 1.93 bits per heavy atom.